The molecule has 166 valence electrons. The van der Waals surface area contributed by atoms with Gasteiger partial charge in [0.05, 0.1) is 5.56 Å². The van der Waals surface area contributed by atoms with Gasteiger partial charge in [0.2, 0.25) is 5.95 Å². The minimum Gasteiger partial charge on any atom is -0.337 e. The van der Waals surface area contributed by atoms with E-state index in [0.717, 1.165) is 23.9 Å². The van der Waals surface area contributed by atoms with E-state index in [1.54, 1.807) is 4.90 Å². The van der Waals surface area contributed by atoms with Crippen LogP contribution >= 0.6 is 0 Å². The van der Waals surface area contributed by atoms with Gasteiger partial charge in [0.15, 0.2) is 5.69 Å². The highest BCUT2D eigenvalue weighted by atomic mass is 32.2. The first-order valence-corrected chi connectivity index (χ1v) is 11.5. The molecule has 0 N–H and O–H groups in total. The van der Waals surface area contributed by atoms with E-state index in [1.807, 2.05) is 24.3 Å². The highest BCUT2D eigenvalue weighted by Gasteiger charge is 2.41. The van der Waals surface area contributed by atoms with Gasteiger partial charge in [-0.05, 0) is 23.5 Å². The number of hydrogen-bond acceptors (Lipinski definition) is 5. The molecular weight excluding hydrogens is 429 g/mol. The molecule has 31 heavy (non-hydrogen) atoms. The molecule has 0 atom stereocenters. The van der Waals surface area contributed by atoms with Crippen LogP contribution in [-0.2, 0) is 22.4 Å². The number of carbonyl (C=O) groups excluding carboxylic acids is 1. The molecule has 1 amide bonds. The number of amides is 1. The van der Waals surface area contributed by atoms with Crippen molar-refractivity contribution in [1.29, 1.82) is 0 Å². The molecule has 10 heteroatoms. The number of alkyl halides is 3. The number of aromatic nitrogens is 2. The summed E-state index contributed by atoms with van der Waals surface area (Å²) in [7, 11) is -1.04. The summed E-state index contributed by atoms with van der Waals surface area (Å²) in [6.07, 6.45) is -3.11. The van der Waals surface area contributed by atoms with Crippen LogP contribution in [0, 0.1) is 0 Å². The Kier molecular flexibility index (Phi) is 5.53. The van der Waals surface area contributed by atoms with Crippen LogP contribution in [-0.4, -0.2) is 56.1 Å². The van der Waals surface area contributed by atoms with E-state index in [-0.39, 0.29) is 36.0 Å². The Morgan fingerprint density at radius 2 is 1.81 bits per heavy atom. The summed E-state index contributed by atoms with van der Waals surface area (Å²) >= 11 is 0. The van der Waals surface area contributed by atoms with Gasteiger partial charge in [-0.1, -0.05) is 32.0 Å². The summed E-state index contributed by atoms with van der Waals surface area (Å²) in [6, 6.07) is 7.54. The van der Waals surface area contributed by atoms with Gasteiger partial charge in [-0.25, -0.2) is 9.97 Å². The second kappa shape index (κ2) is 7.89. The van der Waals surface area contributed by atoms with Gasteiger partial charge in [-0.2, -0.15) is 13.2 Å². The second-order valence-electron chi connectivity index (χ2n) is 8.37. The zero-order chi connectivity index (χ0) is 22.4. The summed E-state index contributed by atoms with van der Waals surface area (Å²) in [5.41, 5.74) is -0.153. The quantitative estimate of drug-likeness (QED) is 0.698. The van der Waals surface area contributed by atoms with Crippen LogP contribution in [0.4, 0.5) is 24.8 Å². The van der Waals surface area contributed by atoms with Crippen LogP contribution in [0.1, 0.15) is 41.9 Å². The van der Waals surface area contributed by atoms with E-state index in [1.165, 1.54) is 4.90 Å². The third kappa shape index (κ3) is 4.17. The molecule has 2 aliphatic rings. The number of anilines is 2. The maximum absolute atomic E-state index is 13.9. The first-order valence-electron chi connectivity index (χ1n) is 10.0. The van der Waals surface area contributed by atoms with E-state index >= 15 is 0 Å². The summed E-state index contributed by atoms with van der Waals surface area (Å²) < 4.78 is 53.2. The van der Waals surface area contributed by atoms with Crippen LogP contribution in [0.3, 0.4) is 0 Å². The van der Waals surface area contributed by atoms with Gasteiger partial charge in [0.1, 0.15) is 0 Å². The maximum Gasteiger partial charge on any atom is 0.434 e. The van der Waals surface area contributed by atoms with Crippen LogP contribution in [0.15, 0.2) is 30.5 Å². The van der Waals surface area contributed by atoms with E-state index in [0.29, 0.717) is 6.54 Å². The van der Waals surface area contributed by atoms with E-state index in [4.69, 9.17) is 0 Å². The Labute approximate surface area is 180 Å². The highest BCUT2D eigenvalue weighted by Crippen LogP contribution is 2.42. The average Bonchev–Trinajstić information content (AvgIpc) is 2.73. The van der Waals surface area contributed by atoms with Gasteiger partial charge in [0.25, 0.3) is 5.91 Å². The molecule has 2 aromatic rings. The lowest BCUT2D eigenvalue weighted by molar-refractivity contribution is -0.141. The standard InChI is InChI=1S/C21H23F3N4O2S/c1-20(2)7-8-28(16-6-4-3-5-15(16)20)19-25-13-14(17(26-19)21(22,23)24)18(29)27-9-11-31(30)12-10-27/h3-6,13H,7-12H2,1-2H3. The molecule has 3 heterocycles. The smallest absolute Gasteiger partial charge is 0.337 e. The van der Waals surface area contributed by atoms with Gasteiger partial charge < -0.3 is 9.80 Å². The summed E-state index contributed by atoms with van der Waals surface area (Å²) in [5.74, 6) is -0.346. The molecule has 0 spiro atoms. The molecule has 1 fully saturated rings. The molecule has 0 saturated carbocycles. The number of fused-ring (bicyclic) bond motifs is 1. The Bertz CT molecular complexity index is 1030. The van der Waals surface area contributed by atoms with Crippen molar-refractivity contribution in [3.05, 3.63) is 47.3 Å². The Morgan fingerprint density at radius 1 is 1.13 bits per heavy atom. The normalized spacial score (nSPS) is 19.3. The van der Waals surface area contributed by atoms with E-state index in [2.05, 4.69) is 23.8 Å². The van der Waals surface area contributed by atoms with Gasteiger partial charge in [0, 0.05) is 53.8 Å². The first-order chi connectivity index (χ1) is 14.6. The van der Waals surface area contributed by atoms with Crippen molar-refractivity contribution in [1.82, 2.24) is 14.9 Å². The van der Waals surface area contributed by atoms with Crippen LogP contribution in [0.2, 0.25) is 0 Å². The van der Waals surface area contributed by atoms with Crippen molar-refractivity contribution < 1.29 is 22.2 Å². The Hall–Kier alpha value is -2.49. The number of carbonyl (C=O) groups is 1. The molecule has 6 nitrogen and oxygen atoms in total. The number of para-hydroxylation sites is 1. The summed E-state index contributed by atoms with van der Waals surface area (Å²) in [5, 5.41) is 0. The Morgan fingerprint density at radius 3 is 2.48 bits per heavy atom. The van der Waals surface area contributed by atoms with Crippen LogP contribution < -0.4 is 4.90 Å². The number of benzene rings is 1. The van der Waals surface area contributed by atoms with E-state index in [9.17, 15) is 22.2 Å². The molecule has 0 bridgehead atoms. The van der Waals surface area contributed by atoms with Crippen molar-refractivity contribution in [3.63, 3.8) is 0 Å². The fraction of sp³-hybridized carbons (Fsp3) is 0.476. The lowest BCUT2D eigenvalue weighted by atomic mass is 9.78. The van der Waals surface area contributed by atoms with Crippen molar-refractivity contribution in [2.75, 3.05) is 36.0 Å². The fourth-order valence-corrected chi connectivity index (χ4v) is 5.07. The molecule has 1 saturated heterocycles. The zero-order valence-corrected chi connectivity index (χ0v) is 18.1. The number of halogens is 3. The minimum atomic E-state index is -4.81. The third-order valence-corrected chi connectivity index (χ3v) is 7.14. The first kappa shape index (κ1) is 21.7. The van der Waals surface area contributed by atoms with Gasteiger partial charge in [-0.15, -0.1) is 0 Å². The third-order valence-electron chi connectivity index (χ3n) is 5.87. The lowest BCUT2D eigenvalue weighted by Crippen LogP contribution is -2.42. The molecule has 1 aromatic carbocycles. The van der Waals surface area contributed by atoms with Crippen LogP contribution in [0.25, 0.3) is 0 Å². The van der Waals surface area contributed by atoms with Gasteiger partial charge >= 0.3 is 6.18 Å². The van der Waals surface area contributed by atoms with Crippen molar-refractivity contribution in [2.24, 2.45) is 0 Å². The predicted molar refractivity (Wildman–Crippen MR) is 112 cm³/mol. The number of hydrogen-bond donors (Lipinski definition) is 0. The number of nitrogens with zero attached hydrogens (tertiary/aromatic N) is 4. The Balaban J connectivity index is 1.73. The van der Waals surface area contributed by atoms with E-state index < -0.39 is 34.1 Å². The SMILES string of the molecule is CC1(C)CCN(c2ncc(C(=O)N3CCS(=O)CC3)c(C(F)(F)F)n2)c2ccccc21. The van der Waals surface area contributed by atoms with Crippen molar-refractivity contribution in [2.45, 2.75) is 31.9 Å². The maximum atomic E-state index is 13.9. The minimum absolute atomic E-state index is 0.0772. The second-order valence-corrected chi connectivity index (χ2v) is 10.1. The molecule has 0 unspecified atom stereocenters. The monoisotopic (exact) mass is 452 g/mol. The molecule has 1 aromatic heterocycles. The highest BCUT2D eigenvalue weighted by molar-refractivity contribution is 7.85. The fourth-order valence-electron chi connectivity index (χ4n) is 4.02. The largest absolute Gasteiger partial charge is 0.434 e. The lowest BCUT2D eigenvalue weighted by Gasteiger charge is -2.39. The molecular formula is C21H23F3N4O2S. The topological polar surface area (TPSA) is 66.4 Å². The summed E-state index contributed by atoms with van der Waals surface area (Å²) in [4.78, 5) is 23.7. The predicted octanol–water partition coefficient (Wildman–Crippen LogP) is 3.52. The average molecular weight is 453 g/mol. The van der Waals surface area contributed by atoms with Gasteiger partial charge in [-0.3, -0.25) is 9.00 Å². The molecule has 0 radical (unpaired) electrons. The van der Waals surface area contributed by atoms with Crippen LogP contribution in [0.5, 0.6) is 0 Å². The number of rotatable bonds is 2. The molecule has 4 rings (SSSR count). The van der Waals surface area contributed by atoms with Crippen molar-refractivity contribution >= 4 is 28.3 Å². The zero-order valence-electron chi connectivity index (χ0n) is 17.3. The molecule has 0 aliphatic carbocycles. The van der Waals surface area contributed by atoms with Crippen molar-refractivity contribution in [3.8, 4) is 0 Å². The molecule has 2 aliphatic heterocycles. The summed E-state index contributed by atoms with van der Waals surface area (Å²) in [6.45, 7) is 4.96.